The summed E-state index contributed by atoms with van der Waals surface area (Å²) >= 11 is 0. The van der Waals surface area contributed by atoms with Crippen molar-refractivity contribution in [3.05, 3.63) is 29.6 Å². The highest BCUT2D eigenvalue weighted by molar-refractivity contribution is 5.31. The predicted octanol–water partition coefficient (Wildman–Crippen LogP) is 2.89. The van der Waals surface area contributed by atoms with E-state index in [0.29, 0.717) is 12.4 Å². The number of ether oxygens (including phenoxy) is 1. The van der Waals surface area contributed by atoms with E-state index in [2.05, 4.69) is 5.32 Å². The second kappa shape index (κ2) is 5.71. The maximum Gasteiger partial charge on any atom is 0.165 e. The van der Waals surface area contributed by atoms with E-state index >= 15 is 0 Å². The van der Waals surface area contributed by atoms with Gasteiger partial charge < -0.3 is 10.1 Å². The lowest BCUT2D eigenvalue weighted by Crippen LogP contribution is -2.12. The molecule has 0 spiro atoms. The van der Waals surface area contributed by atoms with Gasteiger partial charge in [0.2, 0.25) is 0 Å². The highest BCUT2D eigenvalue weighted by atomic mass is 19.1. The van der Waals surface area contributed by atoms with Crippen LogP contribution < -0.4 is 10.1 Å². The first-order valence-electron chi connectivity index (χ1n) is 5.28. The number of benzene rings is 1. The largest absolute Gasteiger partial charge is 0.491 e. The topological polar surface area (TPSA) is 21.3 Å². The third-order valence-corrected chi connectivity index (χ3v) is 2.35. The van der Waals surface area contributed by atoms with Gasteiger partial charge in [-0.1, -0.05) is 13.0 Å². The monoisotopic (exact) mass is 211 g/mol. The second-order valence-corrected chi connectivity index (χ2v) is 3.55. The van der Waals surface area contributed by atoms with E-state index in [1.54, 1.807) is 12.1 Å². The number of rotatable bonds is 5. The zero-order chi connectivity index (χ0) is 11.3. The quantitative estimate of drug-likeness (QED) is 0.808. The van der Waals surface area contributed by atoms with Gasteiger partial charge in [0.1, 0.15) is 0 Å². The number of hydrogen-bond acceptors (Lipinski definition) is 2. The van der Waals surface area contributed by atoms with Crippen molar-refractivity contribution in [3.63, 3.8) is 0 Å². The first-order valence-corrected chi connectivity index (χ1v) is 5.28. The van der Waals surface area contributed by atoms with E-state index in [4.69, 9.17) is 4.74 Å². The second-order valence-electron chi connectivity index (χ2n) is 3.55. The van der Waals surface area contributed by atoms with Gasteiger partial charge in [0.05, 0.1) is 6.61 Å². The van der Waals surface area contributed by atoms with Gasteiger partial charge in [0.15, 0.2) is 11.6 Å². The maximum atomic E-state index is 13.3. The Kier molecular flexibility index (Phi) is 4.56. The Morgan fingerprint density at radius 3 is 2.80 bits per heavy atom. The van der Waals surface area contributed by atoms with Crippen molar-refractivity contribution in [2.24, 2.45) is 0 Å². The first-order chi connectivity index (χ1) is 7.19. The van der Waals surface area contributed by atoms with Crippen LogP contribution >= 0.6 is 0 Å². The molecule has 0 amide bonds. The summed E-state index contributed by atoms with van der Waals surface area (Å²) < 4.78 is 18.6. The molecule has 2 nitrogen and oxygen atoms in total. The van der Waals surface area contributed by atoms with Gasteiger partial charge in [-0.3, -0.25) is 0 Å². The van der Waals surface area contributed by atoms with Crippen molar-refractivity contribution in [1.29, 1.82) is 0 Å². The zero-order valence-corrected chi connectivity index (χ0v) is 9.51. The predicted molar refractivity (Wildman–Crippen MR) is 59.7 cm³/mol. The molecule has 0 aromatic heterocycles. The minimum Gasteiger partial charge on any atom is -0.491 e. The van der Waals surface area contributed by atoms with Gasteiger partial charge in [-0.2, -0.15) is 0 Å². The van der Waals surface area contributed by atoms with Crippen LogP contribution in [0, 0.1) is 5.82 Å². The average molecular weight is 211 g/mol. The molecule has 0 aliphatic heterocycles. The Hall–Kier alpha value is -1.09. The van der Waals surface area contributed by atoms with Crippen molar-refractivity contribution < 1.29 is 9.13 Å². The van der Waals surface area contributed by atoms with Crippen molar-refractivity contribution in [3.8, 4) is 5.75 Å². The Labute approximate surface area is 90.4 Å². The molecule has 0 aliphatic rings. The van der Waals surface area contributed by atoms with Gasteiger partial charge in [-0.05, 0) is 38.1 Å². The van der Waals surface area contributed by atoms with Gasteiger partial charge in [-0.25, -0.2) is 4.39 Å². The molecular weight excluding hydrogens is 193 g/mol. The molecule has 1 aromatic rings. The van der Waals surface area contributed by atoms with Crippen LogP contribution in [0.1, 0.15) is 31.9 Å². The van der Waals surface area contributed by atoms with E-state index in [-0.39, 0.29) is 11.9 Å². The van der Waals surface area contributed by atoms with Gasteiger partial charge in [0, 0.05) is 6.04 Å². The van der Waals surface area contributed by atoms with Crippen LogP contribution in [0.4, 0.5) is 4.39 Å². The smallest absolute Gasteiger partial charge is 0.165 e. The molecule has 0 saturated heterocycles. The van der Waals surface area contributed by atoms with Crippen LogP contribution in [0.2, 0.25) is 0 Å². The SMILES string of the molecule is CCCOc1cc([C@H](C)NC)ccc1F. The van der Waals surface area contributed by atoms with Crippen LogP contribution in [0.15, 0.2) is 18.2 Å². The molecule has 0 unspecified atom stereocenters. The summed E-state index contributed by atoms with van der Waals surface area (Å²) in [6.07, 6.45) is 0.880. The van der Waals surface area contributed by atoms with E-state index in [1.165, 1.54) is 6.07 Å². The lowest BCUT2D eigenvalue weighted by atomic mass is 10.1. The maximum absolute atomic E-state index is 13.3. The summed E-state index contributed by atoms with van der Waals surface area (Å²) in [6.45, 7) is 4.57. The molecule has 0 bridgehead atoms. The Balaban J connectivity index is 2.84. The number of halogens is 1. The van der Waals surface area contributed by atoms with Crippen LogP contribution in [-0.2, 0) is 0 Å². The molecule has 0 radical (unpaired) electrons. The van der Waals surface area contributed by atoms with Crippen LogP contribution in [0.25, 0.3) is 0 Å². The lowest BCUT2D eigenvalue weighted by molar-refractivity contribution is 0.300. The van der Waals surface area contributed by atoms with E-state index < -0.39 is 0 Å². The number of nitrogens with one attached hydrogen (secondary N) is 1. The minimum absolute atomic E-state index is 0.203. The number of hydrogen-bond donors (Lipinski definition) is 1. The van der Waals surface area contributed by atoms with Crippen LogP contribution in [-0.4, -0.2) is 13.7 Å². The van der Waals surface area contributed by atoms with E-state index in [9.17, 15) is 4.39 Å². The molecule has 15 heavy (non-hydrogen) atoms. The van der Waals surface area contributed by atoms with Crippen LogP contribution in [0.3, 0.4) is 0 Å². The van der Waals surface area contributed by atoms with Gasteiger partial charge >= 0.3 is 0 Å². The molecule has 0 fully saturated rings. The molecule has 0 saturated carbocycles. The molecule has 1 N–H and O–H groups in total. The lowest BCUT2D eigenvalue weighted by Gasteiger charge is -2.13. The summed E-state index contributed by atoms with van der Waals surface area (Å²) in [6, 6.07) is 5.19. The Morgan fingerprint density at radius 1 is 1.47 bits per heavy atom. The van der Waals surface area contributed by atoms with Gasteiger partial charge in [0.25, 0.3) is 0 Å². The molecule has 1 rings (SSSR count). The third kappa shape index (κ3) is 3.20. The molecule has 0 heterocycles. The van der Waals surface area contributed by atoms with Crippen LogP contribution in [0.5, 0.6) is 5.75 Å². The van der Waals surface area contributed by atoms with E-state index in [0.717, 1.165) is 12.0 Å². The normalized spacial score (nSPS) is 12.5. The fourth-order valence-corrected chi connectivity index (χ4v) is 1.28. The fourth-order valence-electron chi connectivity index (χ4n) is 1.28. The Morgan fingerprint density at radius 2 is 2.20 bits per heavy atom. The standard InChI is InChI=1S/C12H18FNO/c1-4-7-15-12-8-10(9(2)14-3)5-6-11(12)13/h5-6,8-9,14H,4,7H2,1-3H3/t9-/m0/s1. The van der Waals surface area contributed by atoms with Crippen molar-refractivity contribution >= 4 is 0 Å². The highest BCUT2D eigenvalue weighted by Crippen LogP contribution is 2.22. The molecule has 0 aliphatic carbocycles. The summed E-state index contributed by atoms with van der Waals surface area (Å²) in [7, 11) is 1.88. The summed E-state index contributed by atoms with van der Waals surface area (Å²) in [5.74, 6) is 0.0481. The molecule has 84 valence electrons. The van der Waals surface area contributed by atoms with Crippen molar-refractivity contribution in [1.82, 2.24) is 5.32 Å². The molecule has 1 aromatic carbocycles. The summed E-state index contributed by atoms with van der Waals surface area (Å²) in [4.78, 5) is 0. The molecular formula is C12H18FNO. The third-order valence-electron chi connectivity index (χ3n) is 2.35. The van der Waals surface area contributed by atoms with Crippen molar-refractivity contribution in [2.45, 2.75) is 26.3 Å². The van der Waals surface area contributed by atoms with Crippen molar-refractivity contribution in [2.75, 3.05) is 13.7 Å². The summed E-state index contributed by atoms with van der Waals surface area (Å²) in [5.41, 5.74) is 1.03. The fraction of sp³-hybridized carbons (Fsp3) is 0.500. The Bertz CT molecular complexity index is 314. The molecule has 3 heteroatoms. The van der Waals surface area contributed by atoms with E-state index in [1.807, 2.05) is 20.9 Å². The highest BCUT2D eigenvalue weighted by Gasteiger charge is 2.08. The summed E-state index contributed by atoms with van der Waals surface area (Å²) in [5, 5.41) is 3.11. The zero-order valence-electron chi connectivity index (χ0n) is 9.51. The van der Waals surface area contributed by atoms with Gasteiger partial charge in [-0.15, -0.1) is 0 Å². The minimum atomic E-state index is -0.296. The first kappa shape index (κ1) is 12.0. The average Bonchev–Trinajstić information content (AvgIpc) is 2.27. The molecule has 1 atom stereocenters.